The molecular weight excluding hydrogens is 362 g/mol. The van der Waals surface area contributed by atoms with E-state index in [-0.39, 0.29) is 22.8 Å². The Morgan fingerprint density at radius 3 is 2.48 bits per heavy atom. The number of carbonyl (C=O) groups excluding carboxylic acids is 1. The van der Waals surface area contributed by atoms with Crippen molar-refractivity contribution in [3.8, 4) is 5.75 Å². The van der Waals surface area contributed by atoms with Gasteiger partial charge in [-0.05, 0) is 50.3 Å². The molecule has 0 radical (unpaired) electrons. The van der Waals surface area contributed by atoms with Gasteiger partial charge < -0.3 is 9.64 Å². The summed E-state index contributed by atoms with van der Waals surface area (Å²) in [6.45, 7) is 4.66. The molecule has 5 nitrogen and oxygen atoms in total. The number of piperidine rings is 1. The average Bonchev–Trinajstić information content (AvgIpc) is 2.55. The lowest BCUT2D eigenvalue weighted by Gasteiger charge is -2.32. The first kappa shape index (κ1) is 20.0. The third-order valence-corrected chi connectivity index (χ3v) is 7.39. The molecule has 1 fully saturated rings. The number of likely N-dealkylation sites (tertiary alicyclic amines) is 1. The van der Waals surface area contributed by atoms with Crippen LogP contribution in [0.1, 0.15) is 32.3 Å². The largest absolute Gasteiger partial charge is 0.495 e. The normalized spacial score (nSPS) is 16.3. The van der Waals surface area contributed by atoms with Crippen LogP contribution < -0.4 is 4.74 Å². The van der Waals surface area contributed by atoms with E-state index in [0.717, 1.165) is 18.4 Å². The zero-order valence-electron chi connectivity index (χ0n) is 15.0. The monoisotopic (exact) mass is 387 g/mol. The van der Waals surface area contributed by atoms with Crippen LogP contribution in [0.15, 0.2) is 18.2 Å². The smallest absolute Gasteiger partial charge is 0.226 e. The molecule has 0 spiro atoms. The number of benzene rings is 1. The predicted molar refractivity (Wildman–Crippen MR) is 99.9 cm³/mol. The molecule has 1 aliphatic rings. The van der Waals surface area contributed by atoms with Crippen molar-refractivity contribution in [1.29, 1.82) is 0 Å². The lowest BCUT2D eigenvalue weighted by atomic mass is 9.98. The summed E-state index contributed by atoms with van der Waals surface area (Å²) in [5.41, 5.74) is 0.848. The maximum Gasteiger partial charge on any atom is 0.226 e. The van der Waals surface area contributed by atoms with E-state index < -0.39 is 9.84 Å². The fraction of sp³-hybridized carbons (Fsp3) is 0.611. The van der Waals surface area contributed by atoms with E-state index in [4.69, 9.17) is 16.3 Å². The standard InChI is InChI=1S/C18H26ClNO4S/c1-13(2)25(22,23)12-14-6-8-20(9-7-14)18(21)11-15-4-5-17(24-3)16(19)10-15/h4-5,10,13-14H,6-9,11-12H2,1-3H3. The van der Waals surface area contributed by atoms with Gasteiger partial charge in [-0.25, -0.2) is 8.42 Å². The van der Waals surface area contributed by atoms with Gasteiger partial charge >= 0.3 is 0 Å². The van der Waals surface area contributed by atoms with Crippen LogP contribution in [0.5, 0.6) is 5.75 Å². The molecule has 0 aromatic heterocycles. The van der Waals surface area contributed by atoms with E-state index in [9.17, 15) is 13.2 Å². The van der Waals surface area contributed by atoms with Crippen molar-refractivity contribution >= 4 is 27.3 Å². The van der Waals surface area contributed by atoms with Gasteiger partial charge in [0.15, 0.2) is 9.84 Å². The number of sulfone groups is 1. The second-order valence-electron chi connectivity index (χ2n) is 6.85. The van der Waals surface area contributed by atoms with Gasteiger partial charge in [-0.1, -0.05) is 17.7 Å². The topological polar surface area (TPSA) is 63.7 Å². The number of carbonyl (C=O) groups is 1. The maximum absolute atomic E-state index is 12.5. The molecule has 25 heavy (non-hydrogen) atoms. The summed E-state index contributed by atoms with van der Waals surface area (Å²) >= 11 is 6.10. The minimum absolute atomic E-state index is 0.0476. The molecule has 1 heterocycles. The van der Waals surface area contributed by atoms with Gasteiger partial charge in [0.2, 0.25) is 5.91 Å². The Morgan fingerprint density at radius 1 is 1.32 bits per heavy atom. The zero-order chi connectivity index (χ0) is 18.6. The molecule has 1 aliphatic heterocycles. The van der Waals surface area contributed by atoms with E-state index in [1.54, 1.807) is 33.1 Å². The summed E-state index contributed by atoms with van der Waals surface area (Å²) in [7, 11) is -1.47. The Bertz CT molecular complexity index is 710. The molecule has 0 atom stereocenters. The second kappa shape index (κ2) is 8.41. The van der Waals surface area contributed by atoms with Gasteiger partial charge in [-0.3, -0.25) is 4.79 Å². The van der Waals surface area contributed by atoms with Crippen LogP contribution in [0.25, 0.3) is 0 Å². The Balaban J connectivity index is 1.88. The number of hydrogen-bond acceptors (Lipinski definition) is 4. The minimum Gasteiger partial charge on any atom is -0.495 e. The molecule has 0 N–H and O–H groups in total. The number of amides is 1. The van der Waals surface area contributed by atoms with Crippen molar-refractivity contribution in [2.75, 3.05) is 26.0 Å². The highest BCUT2D eigenvalue weighted by Gasteiger charge is 2.28. The molecule has 7 heteroatoms. The highest BCUT2D eigenvalue weighted by molar-refractivity contribution is 7.91. The summed E-state index contributed by atoms with van der Waals surface area (Å²) in [6, 6.07) is 5.35. The van der Waals surface area contributed by atoms with Crippen molar-refractivity contribution in [3.05, 3.63) is 28.8 Å². The third kappa shape index (κ3) is 5.35. The van der Waals surface area contributed by atoms with Gasteiger partial charge in [0.1, 0.15) is 5.75 Å². The number of halogens is 1. The maximum atomic E-state index is 12.5. The van der Waals surface area contributed by atoms with Crippen molar-refractivity contribution < 1.29 is 17.9 Å². The van der Waals surface area contributed by atoms with Crippen molar-refractivity contribution in [3.63, 3.8) is 0 Å². The zero-order valence-corrected chi connectivity index (χ0v) is 16.6. The lowest BCUT2D eigenvalue weighted by molar-refractivity contribution is -0.131. The van der Waals surface area contributed by atoms with Crippen LogP contribution in [-0.4, -0.2) is 50.4 Å². The number of nitrogens with zero attached hydrogens (tertiary/aromatic N) is 1. The predicted octanol–water partition coefficient (Wildman–Crippen LogP) is 2.95. The molecule has 140 valence electrons. The minimum atomic E-state index is -3.03. The number of rotatable bonds is 6. The summed E-state index contributed by atoms with van der Waals surface area (Å²) in [5, 5.41) is 0.150. The van der Waals surface area contributed by atoms with Crippen LogP contribution >= 0.6 is 11.6 Å². The first-order chi connectivity index (χ1) is 11.7. The number of ether oxygens (including phenoxy) is 1. The Hall–Kier alpha value is -1.27. The molecule has 0 bridgehead atoms. The molecule has 0 aliphatic carbocycles. The summed E-state index contributed by atoms with van der Waals surface area (Å²) in [6.07, 6.45) is 1.76. The molecule has 0 saturated carbocycles. The Morgan fingerprint density at radius 2 is 1.96 bits per heavy atom. The Labute approximate surface area is 155 Å². The SMILES string of the molecule is COc1ccc(CC(=O)N2CCC(CS(=O)(=O)C(C)C)CC2)cc1Cl. The average molecular weight is 388 g/mol. The van der Waals surface area contributed by atoms with Crippen LogP contribution in [0, 0.1) is 5.92 Å². The number of methoxy groups -OCH3 is 1. The quantitative estimate of drug-likeness (QED) is 0.752. The van der Waals surface area contributed by atoms with E-state index >= 15 is 0 Å². The molecule has 1 amide bonds. The van der Waals surface area contributed by atoms with Gasteiger partial charge in [-0.15, -0.1) is 0 Å². The van der Waals surface area contributed by atoms with Crippen LogP contribution in [0.3, 0.4) is 0 Å². The van der Waals surface area contributed by atoms with E-state index in [1.165, 1.54) is 0 Å². The molecule has 1 saturated heterocycles. The molecule has 2 rings (SSSR count). The second-order valence-corrected chi connectivity index (χ2v) is 9.86. The van der Waals surface area contributed by atoms with Gasteiger partial charge in [0.25, 0.3) is 0 Å². The van der Waals surface area contributed by atoms with E-state index in [2.05, 4.69) is 0 Å². The van der Waals surface area contributed by atoms with Gasteiger partial charge in [-0.2, -0.15) is 0 Å². The third-order valence-electron chi connectivity index (χ3n) is 4.73. The van der Waals surface area contributed by atoms with Crippen molar-refractivity contribution in [2.24, 2.45) is 5.92 Å². The Kier molecular flexibility index (Phi) is 6.74. The highest BCUT2D eigenvalue weighted by Crippen LogP contribution is 2.26. The van der Waals surface area contributed by atoms with Crippen LogP contribution in [0.2, 0.25) is 5.02 Å². The summed E-state index contributed by atoms with van der Waals surface area (Å²) in [5.74, 6) is 1.00. The summed E-state index contributed by atoms with van der Waals surface area (Å²) in [4.78, 5) is 14.3. The molecule has 1 aromatic carbocycles. The lowest BCUT2D eigenvalue weighted by Crippen LogP contribution is -2.41. The van der Waals surface area contributed by atoms with Gasteiger partial charge in [0.05, 0.1) is 29.6 Å². The molecular formula is C18H26ClNO4S. The van der Waals surface area contributed by atoms with E-state index in [0.29, 0.717) is 30.3 Å². The van der Waals surface area contributed by atoms with Crippen molar-refractivity contribution in [2.45, 2.75) is 38.4 Å². The first-order valence-electron chi connectivity index (χ1n) is 8.54. The molecule has 0 unspecified atom stereocenters. The van der Waals surface area contributed by atoms with Crippen LogP contribution in [0.4, 0.5) is 0 Å². The fourth-order valence-electron chi connectivity index (χ4n) is 2.98. The fourth-order valence-corrected chi connectivity index (χ4v) is 4.63. The first-order valence-corrected chi connectivity index (χ1v) is 10.6. The van der Waals surface area contributed by atoms with Crippen LogP contribution in [-0.2, 0) is 21.1 Å². The summed E-state index contributed by atoms with van der Waals surface area (Å²) < 4.78 is 29.2. The van der Waals surface area contributed by atoms with Gasteiger partial charge in [0, 0.05) is 13.1 Å². The highest BCUT2D eigenvalue weighted by atomic mass is 35.5. The van der Waals surface area contributed by atoms with E-state index in [1.807, 2.05) is 11.0 Å². The van der Waals surface area contributed by atoms with Crippen molar-refractivity contribution in [1.82, 2.24) is 4.90 Å². The molecule has 1 aromatic rings. The number of hydrogen-bond donors (Lipinski definition) is 0.